The van der Waals surface area contributed by atoms with Gasteiger partial charge in [-0.25, -0.2) is 9.59 Å². The Morgan fingerprint density at radius 2 is 1.83 bits per heavy atom. The third kappa shape index (κ3) is 4.90. The van der Waals surface area contributed by atoms with Gasteiger partial charge in [0.2, 0.25) is 0 Å². The van der Waals surface area contributed by atoms with Crippen molar-refractivity contribution < 1.29 is 33.7 Å². The molecule has 162 valence electrons. The maximum Gasteiger partial charge on any atom is 0.338 e. The first-order valence-electron chi connectivity index (χ1n) is 10.3. The van der Waals surface area contributed by atoms with Crippen LogP contribution in [0.15, 0.2) is 47.8 Å². The molecule has 1 saturated heterocycles. The lowest BCUT2D eigenvalue weighted by atomic mass is 9.70. The maximum atomic E-state index is 13.0. The summed E-state index contributed by atoms with van der Waals surface area (Å²) in [6.45, 7) is 1.88. The fourth-order valence-electron chi connectivity index (χ4n) is 4.45. The van der Waals surface area contributed by atoms with E-state index in [-0.39, 0.29) is 30.1 Å². The van der Waals surface area contributed by atoms with Crippen LogP contribution in [0.1, 0.15) is 39.0 Å². The Bertz CT molecular complexity index is 804. The van der Waals surface area contributed by atoms with Gasteiger partial charge in [-0.15, -0.1) is 0 Å². The van der Waals surface area contributed by atoms with E-state index in [2.05, 4.69) is 0 Å². The molecule has 2 aliphatic heterocycles. The molecule has 0 bridgehead atoms. The molecule has 2 heterocycles. The van der Waals surface area contributed by atoms with Gasteiger partial charge in [-0.3, -0.25) is 4.79 Å². The highest BCUT2D eigenvalue weighted by Gasteiger charge is 2.53. The van der Waals surface area contributed by atoms with Crippen LogP contribution in [0.4, 0.5) is 0 Å². The van der Waals surface area contributed by atoms with E-state index in [4.69, 9.17) is 19.3 Å². The lowest BCUT2D eigenvalue weighted by molar-refractivity contribution is -0.147. The number of ketones is 1. The number of cyclic esters (lactones) is 1. The number of ether oxygens (including phenoxy) is 3. The molecule has 0 aromatic rings. The van der Waals surface area contributed by atoms with Crippen LogP contribution in [-0.4, -0.2) is 48.3 Å². The largest absolute Gasteiger partial charge is 0.486 e. The van der Waals surface area contributed by atoms with E-state index < -0.39 is 24.1 Å². The molecular weight excluding hydrogens is 388 g/mol. The molecule has 30 heavy (non-hydrogen) atoms. The van der Waals surface area contributed by atoms with Crippen LogP contribution < -0.4 is 0 Å². The van der Waals surface area contributed by atoms with E-state index in [1.165, 1.54) is 6.08 Å². The Morgan fingerprint density at radius 1 is 1.10 bits per heavy atom. The van der Waals surface area contributed by atoms with Crippen molar-refractivity contribution in [1.82, 2.24) is 0 Å². The van der Waals surface area contributed by atoms with Gasteiger partial charge in [-0.2, -0.15) is 0 Å². The fourth-order valence-corrected chi connectivity index (χ4v) is 4.45. The number of carboxylic acids is 1. The highest BCUT2D eigenvalue weighted by atomic mass is 16.6. The van der Waals surface area contributed by atoms with Gasteiger partial charge in [0, 0.05) is 31.4 Å². The summed E-state index contributed by atoms with van der Waals surface area (Å²) in [6.07, 6.45) is 11.5. The van der Waals surface area contributed by atoms with Gasteiger partial charge in [0.15, 0.2) is 0 Å². The number of allylic oxidation sites excluding steroid dienone is 5. The highest BCUT2D eigenvalue weighted by molar-refractivity contribution is 5.94. The van der Waals surface area contributed by atoms with Crippen molar-refractivity contribution in [3.8, 4) is 0 Å². The van der Waals surface area contributed by atoms with Crippen molar-refractivity contribution >= 4 is 17.7 Å². The zero-order chi connectivity index (χ0) is 21.7. The number of carbonyl (C=O) groups excluding carboxylic acids is 2. The molecule has 0 radical (unpaired) electrons. The van der Waals surface area contributed by atoms with Gasteiger partial charge in [-0.05, 0) is 32.3 Å². The molecule has 1 N–H and O–H groups in total. The van der Waals surface area contributed by atoms with Crippen LogP contribution >= 0.6 is 0 Å². The average molecular weight is 416 g/mol. The van der Waals surface area contributed by atoms with Crippen molar-refractivity contribution in [2.45, 2.75) is 57.3 Å². The zero-order valence-corrected chi connectivity index (χ0v) is 17.3. The number of hydrogen-bond acceptors (Lipinski definition) is 6. The molecule has 0 amide bonds. The van der Waals surface area contributed by atoms with Gasteiger partial charge < -0.3 is 19.3 Å². The van der Waals surface area contributed by atoms with E-state index in [0.29, 0.717) is 11.3 Å². The molecule has 5 atom stereocenters. The van der Waals surface area contributed by atoms with Gasteiger partial charge in [0.1, 0.15) is 23.8 Å². The van der Waals surface area contributed by atoms with Crippen LogP contribution in [0.25, 0.3) is 0 Å². The zero-order valence-electron chi connectivity index (χ0n) is 17.3. The van der Waals surface area contributed by atoms with Crippen LogP contribution in [-0.2, 0) is 28.6 Å². The number of carboxylic acid groups (broad SMARTS) is 1. The summed E-state index contributed by atoms with van der Waals surface area (Å²) in [7, 11) is 1.55. The molecule has 1 aliphatic carbocycles. The van der Waals surface area contributed by atoms with Crippen molar-refractivity contribution in [3.05, 3.63) is 47.8 Å². The van der Waals surface area contributed by atoms with Gasteiger partial charge in [0.05, 0.1) is 11.7 Å². The lowest BCUT2D eigenvalue weighted by Gasteiger charge is -2.37. The third-order valence-corrected chi connectivity index (χ3v) is 5.86. The van der Waals surface area contributed by atoms with E-state index >= 15 is 0 Å². The van der Waals surface area contributed by atoms with Crippen LogP contribution in [0.3, 0.4) is 0 Å². The minimum Gasteiger partial charge on any atom is -0.486 e. The molecule has 3 rings (SSSR count). The molecule has 5 unspecified atom stereocenters. The lowest BCUT2D eigenvalue weighted by Crippen LogP contribution is -2.48. The predicted octanol–water partition coefficient (Wildman–Crippen LogP) is 3.12. The summed E-state index contributed by atoms with van der Waals surface area (Å²) in [4.78, 5) is 36.4. The smallest absolute Gasteiger partial charge is 0.338 e. The third-order valence-electron chi connectivity index (χ3n) is 5.86. The maximum absolute atomic E-state index is 13.0. The number of esters is 1. The Hall–Kier alpha value is -2.67. The number of carbonyl (C=O) groups is 3. The summed E-state index contributed by atoms with van der Waals surface area (Å²) >= 11 is 0. The average Bonchev–Trinajstić information content (AvgIpc) is 3.07. The first-order chi connectivity index (χ1) is 14.4. The normalized spacial score (nSPS) is 32.5. The second-order valence-electron chi connectivity index (χ2n) is 7.88. The predicted molar refractivity (Wildman–Crippen MR) is 108 cm³/mol. The van der Waals surface area contributed by atoms with Gasteiger partial charge in [0.25, 0.3) is 0 Å². The standard InChI is InChI=1S/C23H28O7/c1-14-9-7-8-10-15-16(24)13-18(28-2)22-20(15)21(23(27)29-14)17(30-22)11-5-3-4-6-12-19(25)26/h3-6,11-12,14-15,18,20,22H,7-10,13H2,1-2H3,(H,25,26)/b4-3+,11-5+,12-6+. The van der Waals surface area contributed by atoms with Crippen molar-refractivity contribution in [3.63, 3.8) is 0 Å². The molecule has 0 aromatic carbocycles. The first-order valence-corrected chi connectivity index (χ1v) is 10.3. The van der Waals surface area contributed by atoms with E-state index in [9.17, 15) is 14.4 Å². The Balaban J connectivity index is 1.94. The van der Waals surface area contributed by atoms with E-state index in [0.717, 1.165) is 31.8 Å². The molecule has 2 fully saturated rings. The number of rotatable bonds is 5. The molecular formula is C23H28O7. The van der Waals surface area contributed by atoms with Gasteiger partial charge >= 0.3 is 11.9 Å². The van der Waals surface area contributed by atoms with Crippen LogP contribution in [0.2, 0.25) is 0 Å². The minimum absolute atomic E-state index is 0.106. The topological polar surface area (TPSA) is 99.1 Å². The number of hydrogen-bond donors (Lipinski definition) is 1. The van der Waals surface area contributed by atoms with E-state index in [1.807, 2.05) is 6.92 Å². The fraction of sp³-hybridized carbons (Fsp3) is 0.522. The summed E-state index contributed by atoms with van der Waals surface area (Å²) in [5.41, 5.74) is 0.402. The molecule has 7 nitrogen and oxygen atoms in total. The van der Waals surface area contributed by atoms with E-state index in [1.54, 1.807) is 31.4 Å². The SMILES string of the molecule is COC1CC(=O)C2CCCCC(C)OC(=O)C3=C(/C=C/C=C/C=C/C(=O)O)OC1C32. The molecule has 0 aromatic heterocycles. The Labute approximate surface area is 176 Å². The van der Waals surface area contributed by atoms with Crippen molar-refractivity contribution in [1.29, 1.82) is 0 Å². The van der Waals surface area contributed by atoms with Crippen LogP contribution in [0, 0.1) is 11.8 Å². The van der Waals surface area contributed by atoms with Crippen LogP contribution in [0.5, 0.6) is 0 Å². The molecule has 1 saturated carbocycles. The minimum atomic E-state index is -1.03. The first kappa shape index (κ1) is 22.0. The number of aliphatic carboxylic acids is 1. The summed E-state index contributed by atoms with van der Waals surface area (Å²) < 4.78 is 17.3. The second-order valence-corrected chi connectivity index (χ2v) is 7.88. The van der Waals surface area contributed by atoms with Crippen molar-refractivity contribution in [2.24, 2.45) is 11.8 Å². The summed E-state index contributed by atoms with van der Waals surface area (Å²) in [5.74, 6) is -1.65. The molecule has 0 spiro atoms. The summed E-state index contributed by atoms with van der Waals surface area (Å²) in [6, 6.07) is 0. The van der Waals surface area contributed by atoms with Crippen molar-refractivity contribution in [2.75, 3.05) is 7.11 Å². The quantitative estimate of drug-likeness (QED) is 0.418. The monoisotopic (exact) mass is 416 g/mol. The molecule has 3 aliphatic rings. The Morgan fingerprint density at radius 3 is 2.57 bits per heavy atom. The molecule has 7 heteroatoms. The highest BCUT2D eigenvalue weighted by Crippen LogP contribution is 2.46. The van der Waals surface area contributed by atoms with Gasteiger partial charge in [-0.1, -0.05) is 30.7 Å². The Kier molecular flexibility index (Phi) is 7.26. The summed E-state index contributed by atoms with van der Waals surface area (Å²) in [5, 5.41) is 8.61. The number of Topliss-reactive ketones (excluding diaryl/α,β-unsaturated/α-hetero) is 1. The second kappa shape index (κ2) is 9.89. The number of methoxy groups -OCH3 is 1.